The van der Waals surface area contributed by atoms with Crippen molar-refractivity contribution in [2.45, 2.75) is 25.5 Å². The number of ether oxygens (including phenoxy) is 2. The fourth-order valence-corrected chi connectivity index (χ4v) is 1.42. The van der Waals surface area contributed by atoms with Crippen molar-refractivity contribution in [1.82, 2.24) is 0 Å². The number of alkyl halides is 4. The second-order valence-corrected chi connectivity index (χ2v) is 3.77. The van der Waals surface area contributed by atoms with Gasteiger partial charge in [-0.3, -0.25) is 0 Å². The van der Waals surface area contributed by atoms with Crippen molar-refractivity contribution in [3.05, 3.63) is 29.8 Å². The predicted octanol–water partition coefficient (Wildman–Crippen LogP) is 2.49. The highest BCUT2D eigenvalue weighted by Gasteiger charge is 2.47. The molecule has 8 heteroatoms. The van der Waals surface area contributed by atoms with Crippen LogP contribution in [0.3, 0.4) is 0 Å². The predicted molar refractivity (Wildman–Crippen MR) is 61.6 cm³/mol. The summed E-state index contributed by atoms with van der Waals surface area (Å²) in [6.45, 7) is -1.84. The fraction of sp³-hybridized carbons (Fsp3) is 0.417. The first-order chi connectivity index (χ1) is 9.28. The summed E-state index contributed by atoms with van der Waals surface area (Å²) in [5.74, 6) is -5.85. The second kappa shape index (κ2) is 6.56. The van der Waals surface area contributed by atoms with Crippen molar-refractivity contribution in [2.75, 3.05) is 6.61 Å². The van der Waals surface area contributed by atoms with Crippen LogP contribution in [-0.4, -0.2) is 25.1 Å². The molecule has 0 amide bonds. The maximum absolute atomic E-state index is 13.6. The maximum atomic E-state index is 13.6. The van der Waals surface area contributed by atoms with Crippen LogP contribution in [0.5, 0.6) is 5.75 Å². The molecule has 0 aliphatic heterocycles. The molecule has 1 aromatic rings. The number of benzene rings is 1. The second-order valence-electron chi connectivity index (χ2n) is 3.77. The minimum Gasteiger partial charge on any atom is -0.462 e. The smallest absolute Gasteiger partial charge is 0.387 e. The van der Waals surface area contributed by atoms with Crippen LogP contribution < -0.4 is 10.5 Å². The maximum Gasteiger partial charge on any atom is 0.387 e. The molecule has 1 aromatic carbocycles. The van der Waals surface area contributed by atoms with Gasteiger partial charge in [0, 0.05) is 0 Å². The lowest BCUT2D eigenvalue weighted by Crippen LogP contribution is -2.41. The van der Waals surface area contributed by atoms with E-state index in [2.05, 4.69) is 9.47 Å². The van der Waals surface area contributed by atoms with E-state index in [0.717, 1.165) is 24.3 Å². The van der Waals surface area contributed by atoms with Crippen LogP contribution >= 0.6 is 0 Å². The van der Waals surface area contributed by atoms with Crippen molar-refractivity contribution in [3.8, 4) is 5.75 Å². The van der Waals surface area contributed by atoms with Gasteiger partial charge in [-0.05, 0) is 24.6 Å². The van der Waals surface area contributed by atoms with E-state index in [-0.39, 0.29) is 17.9 Å². The Morgan fingerprint density at radius 1 is 1.30 bits per heavy atom. The first-order valence-corrected chi connectivity index (χ1v) is 5.64. The molecule has 0 aliphatic rings. The van der Waals surface area contributed by atoms with Crippen LogP contribution in [0, 0.1) is 0 Å². The molecule has 20 heavy (non-hydrogen) atoms. The topological polar surface area (TPSA) is 61.5 Å². The molecular formula is C12H13F4NO3. The van der Waals surface area contributed by atoms with Gasteiger partial charge in [0.05, 0.1) is 6.61 Å². The number of carbonyl (C=O) groups is 1. The fourth-order valence-electron chi connectivity index (χ4n) is 1.42. The highest BCUT2D eigenvalue weighted by molar-refractivity contribution is 5.78. The molecule has 0 radical (unpaired) electrons. The van der Waals surface area contributed by atoms with Crippen molar-refractivity contribution in [2.24, 2.45) is 5.73 Å². The number of carbonyl (C=O) groups excluding carboxylic acids is 1. The Balaban J connectivity index is 2.86. The van der Waals surface area contributed by atoms with E-state index < -0.39 is 24.5 Å². The van der Waals surface area contributed by atoms with Crippen LogP contribution in [0.1, 0.15) is 18.5 Å². The largest absolute Gasteiger partial charge is 0.462 e. The Labute approximate surface area is 112 Å². The normalized spacial score (nSPS) is 13.2. The molecule has 0 fully saturated rings. The van der Waals surface area contributed by atoms with E-state index in [1.807, 2.05) is 0 Å². The third-order valence-corrected chi connectivity index (χ3v) is 2.40. The monoisotopic (exact) mass is 295 g/mol. The van der Waals surface area contributed by atoms with E-state index in [1.54, 1.807) is 0 Å². The summed E-state index contributed by atoms with van der Waals surface area (Å²) in [5.41, 5.74) is 5.21. The summed E-state index contributed by atoms with van der Waals surface area (Å²) in [4.78, 5) is 11.1. The van der Waals surface area contributed by atoms with Gasteiger partial charge >= 0.3 is 18.5 Å². The summed E-state index contributed by atoms with van der Waals surface area (Å²) >= 11 is 0. The van der Waals surface area contributed by atoms with Crippen molar-refractivity contribution >= 4 is 5.97 Å². The van der Waals surface area contributed by atoms with Crippen molar-refractivity contribution in [3.63, 3.8) is 0 Å². The molecule has 4 nitrogen and oxygen atoms in total. The summed E-state index contributed by atoms with van der Waals surface area (Å²) in [5, 5.41) is 0. The zero-order valence-electron chi connectivity index (χ0n) is 10.5. The first kappa shape index (κ1) is 16.2. The molecule has 112 valence electrons. The Bertz CT molecular complexity index is 451. The van der Waals surface area contributed by atoms with Gasteiger partial charge in [0.1, 0.15) is 11.8 Å². The average molecular weight is 295 g/mol. The van der Waals surface area contributed by atoms with Crippen LogP contribution in [0.2, 0.25) is 0 Å². The summed E-state index contributed by atoms with van der Waals surface area (Å²) in [7, 11) is 0. The van der Waals surface area contributed by atoms with Crippen molar-refractivity contribution < 1.29 is 31.8 Å². The Kier molecular flexibility index (Phi) is 5.32. The number of hydrogen-bond donors (Lipinski definition) is 1. The molecule has 0 saturated carbocycles. The zero-order chi connectivity index (χ0) is 15.3. The van der Waals surface area contributed by atoms with E-state index in [4.69, 9.17) is 5.73 Å². The molecule has 0 spiro atoms. The first-order valence-electron chi connectivity index (χ1n) is 5.64. The average Bonchev–Trinajstić information content (AvgIpc) is 2.38. The van der Waals surface area contributed by atoms with Gasteiger partial charge in [-0.15, -0.1) is 0 Å². The Hall–Kier alpha value is -1.83. The van der Waals surface area contributed by atoms with Crippen LogP contribution in [0.25, 0.3) is 0 Å². The zero-order valence-corrected chi connectivity index (χ0v) is 10.5. The molecule has 1 atom stereocenters. The van der Waals surface area contributed by atoms with Gasteiger partial charge in [-0.25, -0.2) is 4.79 Å². The van der Waals surface area contributed by atoms with E-state index in [1.165, 1.54) is 6.92 Å². The van der Waals surface area contributed by atoms with Gasteiger partial charge in [0.15, 0.2) is 0 Å². The van der Waals surface area contributed by atoms with Gasteiger partial charge < -0.3 is 15.2 Å². The van der Waals surface area contributed by atoms with E-state index in [0.29, 0.717) is 0 Å². The van der Waals surface area contributed by atoms with Crippen LogP contribution in [0.15, 0.2) is 24.3 Å². The lowest BCUT2D eigenvalue weighted by molar-refractivity contribution is -0.174. The number of rotatable bonds is 6. The van der Waals surface area contributed by atoms with Crippen molar-refractivity contribution in [1.29, 1.82) is 0 Å². The van der Waals surface area contributed by atoms with Gasteiger partial charge in [-0.1, -0.05) is 12.1 Å². The molecule has 0 saturated heterocycles. The molecular weight excluding hydrogens is 282 g/mol. The highest BCUT2D eigenvalue weighted by Crippen LogP contribution is 2.31. The molecule has 2 N–H and O–H groups in total. The minimum absolute atomic E-state index is 0.107. The molecule has 0 aromatic heterocycles. The van der Waals surface area contributed by atoms with Crippen LogP contribution in [0.4, 0.5) is 17.6 Å². The third kappa shape index (κ3) is 3.83. The molecule has 0 bridgehead atoms. The number of hydrogen-bond acceptors (Lipinski definition) is 4. The summed E-state index contributed by atoms with van der Waals surface area (Å²) in [6.07, 6.45) is 0. The minimum atomic E-state index is -3.92. The summed E-state index contributed by atoms with van der Waals surface area (Å²) in [6, 6.07) is 2.33. The molecule has 0 aliphatic carbocycles. The summed E-state index contributed by atoms with van der Waals surface area (Å²) < 4.78 is 59.4. The Morgan fingerprint density at radius 3 is 2.30 bits per heavy atom. The molecule has 1 rings (SSSR count). The number of halogens is 4. The molecule has 0 unspecified atom stereocenters. The highest BCUT2D eigenvalue weighted by atomic mass is 19.3. The molecule has 0 heterocycles. The Morgan fingerprint density at radius 2 is 1.85 bits per heavy atom. The van der Waals surface area contributed by atoms with E-state index >= 15 is 0 Å². The van der Waals surface area contributed by atoms with Crippen LogP contribution in [-0.2, 0) is 9.53 Å². The quantitative estimate of drug-likeness (QED) is 0.647. The number of nitrogens with two attached hydrogens (primary N) is 1. The van der Waals surface area contributed by atoms with Gasteiger partial charge in [0.2, 0.25) is 0 Å². The van der Waals surface area contributed by atoms with E-state index in [9.17, 15) is 22.4 Å². The SMILES string of the molecule is CCOC(=O)C(F)(F)[C@H](N)c1ccc(OC(F)F)cc1. The third-order valence-electron chi connectivity index (χ3n) is 2.40. The van der Waals surface area contributed by atoms with Gasteiger partial charge in [0.25, 0.3) is 0 Å². The lowest BCUT2D eigenvalue weighted by Gasteiger charge is -2.22. The lowest BCUT2D eigenvalue weighted by atomic mass is 10.0. The standard InChI is InChI=1S/C12H13F4NO3/c1-2-19-10(18)12(15,16)9(17)7-3-5-8(6-4-7)20-11(13)14/h3-6,9,11H,2,17H2,1H3/t9-/m1/s1. The van der Waals surface area contributed by atoms with Gasteiger partial charge in [-0.2, -0.15) is 17.6 Å². The number of esters is 1.